The minimum Gasteiger partial charge on any atom is -0.342 e. The summed E-state index contributed by atoms with van der Waals surface area (Å²) in [6.07, 6.45) is 2.14. The first-order chi connectivity index (χ1) is 9.29. The Morgan fingerprint density at radius 2 is 1.63 bits per heavy atom. The summed E-state index contributed by atoms with van der Waals surface area (Å²) in [5.41, 5.74) is 9.52. The Bertz CT molecular complexity index is 716. The highest BCUT2D eigenvalue weighted by Gasteiger charge is 2.07. The number of hydrogen-bond donors (Lipinski definition) is 1. The molecule has 0 atom stereocenters. The number of fused-ring (bicyclic) bond motifs is 1. The molecule has 0 bridgehead atoms. The fourth-order valence-electron chi connectivity index (χ4n) is 2.43. The molecule has 1 heterocycles. The van der Waals surface area contributed by atoms with Crippen LogP contribution in [0, 0.1) is 0 Å². The Morgan fingerprint density at radius 3 is 2.42 bits per heavy atom. The predicted molar refractivity (Wildman–Crippen MR) is 83.1 cm³/mol. The van der Waals surface area contributed by atoms with Gasteiger partial charge in [0, 0.05) is 34.7 Å². The van der Waals surface area contributed by atoms with Crippen molar-refractivity contribution in [1.82, 2.24) is 4.57 Å². The van der Waals surface area contributed by atoms with E-state index < -0.39 is 0 Å². The van der Waals surface area contributed by atoms with Crippen LogP contribution in [0.3, 0.4) is 0 Å². The molecule has 0 spiro atoms. The Kier molecular flexibility index (Phi) is 3.40. The quantitative estimate of drug-likeness (QED) is 0.780. The van der Waals surface area contributed by atoms with Crippen LogP contribution in [0.15, 0.2) is 59.2 Å². The molecule has 0 aliphatic rings. The van der Waals surface area contributed by atoms with Crippen molar-refractivity contribution in [3.63, 3.8) is 0 Å². The van der Waals surface area contributed by atoms with E-state index in [2.05, 4.69) is 69.2 Å². The number of halogens is 1. The minimum absolute atomic E-state index is 0.580. The fourth-order valence-corrected chi connectivity index (χ4v) is 3.01. The Hall–Kier alpha value is -1.58. The maximum Gasteiger partial charge on any atom is 0.0495 e. The Labute approximate surface area is 121 Å². The van der Waals surface area contributed by atoms with Gasteiger partial charge < -0.3 is 10.3 Å². The third-order valence-corrected chi connectivity index (χ3v) is 4.05. The molecule has 3 heteroatoms. The molecule has 0 saturated carbocycles. The van der Waals surface area contributed by atoms with Gasteiger partial charge in [-0.1, -0.05) is 42.5 Å². The Morgan fingerprint density at radius 1 is 0.947 bits per heavy atom. The minimum atomic E-state index is 0.580. The molecule has 0 amide bonds. The normalized spacial score (nSPS) is 11.1. The smallest absolute Gasteiger partial charge is 0.0495 e. The summed E-state index contributed by atoms with van der Waals surface area (Å²) in [6, 6.07) is 16.7. The predicted octanol–water partition coefficient (Wildman–Crippen LogP) is 3.91. The van der Waals surface area contributed by atoms with Crippen LogP contribution in [0.1, 0.15) is 11.1 Å². The molecule has 96 valence electrons. The van der Waals surface area contributed by atoms with Crippen molar-refractivity contribution in [2.75, 3.05) is 0 Å². The van der Waals surface area contributed by atoms with Gasteiger partial charge in [0.05, 0.1) is 0 Å². The molecule has 2 N–H and O–H groups in total. The van der Waals surface area contributed by atoms with Gasteiger partial charge in [-0.2, -0.15) is 0 Å². The molecule has 2 nitrogen and oxygen atoms in total. The van der Waals surface area contributed by atoms with E-state index in [0.29, 0.717) is 6.54 Å². The SMILES string of the molecule is NCc1ccccc1Cn1cc(Br)c2ccccc21. The van der Waals surface area contributed by atoms with Gasteiger partial charge in [0.15, 0.2) is 0 Å². The number of aromatic nitrogens is 1. The van der Waals surface area contributed by atoms with E-state index in [9.17, 15) is 0 Å². The first kappa shape index (κ1) is 12.5. The van der Waals surface area contributed by atoms with Crippen molar-refractivity contribution in [2.45, 2.75) is 13.1 Å². The van der Waals surface area contributed by atoms with Gasteiger partial charge in [-0.05, 0) is 33.1 Å². The molecule has 0 radical (unpaired) electrons. The van der Waals surface area contributed by atoms with E-state index in [1.54, 1.807) is 0 Å². The van der Waals surface area contributed by atoms with Crippen LogP contribution in [-0.2, 0) is 13.1 Å². The van der Waals surface area contributed by atoms with Gasteiger partial charge >= 0.3 is 0 Å². The third kappa shape index (κ3) is 2.31. The van der Waals surface area contributed by atoms with Crippen molar-refractivity contribution in [3.05, 3.63) is 70.3 Å². The van der Waals surface area contributed by atoms with E-state index in [4.69, 9.17) is 5.73 Å². The monoisotopic (exact) mass is 314 g/mol. The van der Waals surface area contributed by atoms with Crippen LogP contribution in [0.2, 0.25) is 0 Å². The van der Waals surface area contributed by atoms with Gasteiger partial charge in [0.25, 0.3) is 0 Å². The number of benzene rings is 2. The average molecular weight is 315 g/mol. The number of rotatable bonds is 3. The summed E-state index contributed by atoms with van der Waals surface area (Å²) in [5.74, 6) is 0. The molecule has 0 aliphatic carbocycles. The van der Waals surface area contributed by atoms with Crippen molar-refractivity contribution in [1.29, 1.82) is 0 Å². The van der Waals surface area contributed by atoms with Gasteiger partial charge in [-0.25, -0.2) is 0 Å². The zero-order valence-corrected chi connectivity index (χ0v) is 12.1. The largest absolute Gasteiger partial charge is 0.342 e. The summed E-state index contributed by atoms with van der Waals surface area (Å²) < 4.78 is 3.39. The van der Waals surface area contributed by atoms with Crippen molar-refractivity contribution < 1.29 is 0 Å². The van der Waals surface area contributed by atoms with E-state index in [1.165, 1.54) is 22.0 Å². The highest BCUT2D eigenvalue weighted by Crippen LogP contribution is 2.27. The van der Waals surface area contributed by atoms with Crippen LogP contribution < -0.4 is 5.73 Å². The summed E-state index contributed by atoms with van der Waals surface area (Å²) >= 11 is 3.62. The van der Waals surface area contributed by atoms with Crippen molar-refractivity contribution in [3.8, 4) is 0 Å². The zero-order valence-electron chi connectivity index (χ0n) is 10.5. The number of nitrogens with two attached hydrogens (primary N) is 1. The van der Waals surface area contributed by atoms with E-state index in [-0.39, 0.29) is 0 Å². The highest BCUT2D eigenvalue weighted by atomic mass is 79.9. The Balaban J connectivity index is 2.06. The van der Waals surface area contributed by atoms with Gasteiger partial charge in [-0.3, -0.25) is 0 Å². The molecule has 0 unspecified atom stereocenters. The molecule has 3 aromatic rings. The lowest BCUT2D eigenvalue weighted by atomic mass is 10.1. The zero-order chi connectivity index (χ0) is 13.2. The molecule has 0 fully saturated rings. The lowest BCUT2D eigenvalue weighted by Crippen LogP contribution is -2.05. The summed E-state index contributed by atoms with van der Waals surface area (Å²) in [6.45, 7) is 1.43. The molecular weight excluding hydrogens is 300 g/mol. The summed E-state index contributed by atoms with van der Waals surface area (Å²) in [5, 5.41) is 1.24. The number of para-hydroxylation sites is 1. The maximum absolute atomic E-state index is 5.80. The molecule has 1 aromatic heterocycles. The first-order valence-corrected chi connectivity index (χ1v) is 7.09. The van der Waals surface area contributed by atoms with Crippen molar-refractivity contribution >= 4 is 26.8 Å². The molecule has 19 heavy (non-hydrogen) atoms. The molecular formula is C16H15BrN2. The second-order valence-corrected chi connectivity index (χ2v) is 5.45. The molecule has 2 aromatic carbocycles. The topological polar surface area (TPSA) is 30.9 Å². The number of nitrogens with zero attached hydrogens (tertiary/aromatic N) is 1. The van der Waals surface area contributed by atoms with E-state index in [1.807, 2.05) is 6.07 Å². The molecule has 3 rings (SSSR count). The first-order valence-electron chi connectivity index (χ1n) is 6.30. The molecule has 0 saturated heterocycles. The van der Waals surface area contributed by atoms with Gasteiger partial charge in [-0.15, -0.1) is 0 Å². The van der Waals surface area contributed by atoms with Crippen LogP contribution in [0.25, 0.3) is 10.9 Å². The fraction of sp³-hybridized carbons (Fsp3) is 0.125. The van der Waals surface area contributed by atoms with Crippen LogP contribution in [-0.4, -0.2) is 4.57 Å². The lowest BCUT2D eigenvalue weighted by Gasteiger charge is -2.09. The maximum atomic E-state index is 5.80. The van der Waals surface area contributed by atoms with Gasteiger partial charge in [0.2, 0.25) is 0 Å². The van der Waals surface area contributed by atoms with Gasteiger partial charge in [0.1, 0.15) is 0 Å². The van der Waals surface area contributed by atoms with Crippen molar-refractivity contribution in [2.24, 2.45) is 5.73 Å². The van der Waals surface area contributed by atoms with Crippen LogP contribution in [0.5, 0.6) is 0 Å². The summed E-state index contributed by atoms with van der Waals surface area (Å²) in [7, 11) is 0. The molecule has 0 aliphatic heterocycles. The highest BCUT2D eigenvalue weighted by molar-refractivity contribution is 9.10. The second kappa shape index (κ2) is 5.19. The van der Waals surface area contributed by atoms with E-state index in [0.717, 1.165) is 11.0 Å². The average Bonchev–Trinajstić information content (AvgIpc) is 2.77. The standard InChI is InChI=1S/C16H15BrN2/c17-15-11-19(16-8-4-3-7-14(15)16)10-13-6-2-1-5-12(13)9-18/h1-8,11H,9-10,18H2. The van der Waals surface area contributed by atoms with Crippen LogP contribution in [0.4, 0.5) is 0 Å². The lowest BCUT2D eigenvalue weighted by molar-refractivity contribution is 0.819. The summed E-state index contributed by atoms with van der Waals surface area (Å²) in [4.78, 5) is 0. The third-order valence-electron chi connectivity index (χ3n) is 3.42. The van der Waals surface area contributed by atoms with Crippen LogP contribution >= 0.6 is 15.9 Å². The second-order valence-electron chi connectivity index (χ2n) is 4.59. The number of hydrogen-bond acceptors (Lipinski definition) is 1. The van der Waals surface area contributed by atoms with E-state index >= 15 is 0 Å².